The molecule has 1 N–H and O–H groups in total. The molecule has 0 fully saturated rings. The quantitative estimate of drug-likeness (QED) is 0.806. The zero-order chi connectivity index (χ0) is 16.8. The molecule has 2 rings (SSSR count). The number of ether oxygens (including phenoxy) is 2. The maximum absolute atomic E-state index is 11.9. The Balaban J connectivity index is 2.27. The van der Waals surface area contributed by atoms with Crippen molar-refractivity contribution in [2.45, 2.75) is 0 Å². The van der Waals surface area contributed by atoms with E-state index in [1.807, 2.05) is 0 Å². The smallest absolute Gasteiger partial charge is 0.248 e. The highest BCUT2D eigenvalue weighted by atomic mass is 16.5. The van der Waals surface area contributed by atoms with Gasteiger partial charge in [-0.15, -0.1) is 0 Å². The van der Waals surface area contributed by atoms with Gasteiger partial charge < -0.3 is 29.1 Å². The molecule has 0 saturated heterocycles. The average Bonchev–Trinajstić information content (AvgIpc) is 3.05. The summed E-state index contributed by atoms with van der Waals surface area (Å²) in [5, 5.41) is 13.7. The van der Waals surface area contributed by atoms with Crippen molar-refractivity contribution in [2.24, 2.45) is 0 Å². The number of benzene rings is 1. The lowest BCUT2D eigenvalue weighted by Gasteiger charge is -2.15. The number of carboxylic acid groups (broad SMARTS) is 1. The van der Waals surface area contributed by atoms with Crippen LogP contribution in [0.5, 0.6) is 11.5 Å². The summed E-state index contributed by atoms with van der Waals surface area (Å²) in [5.41, 5.74) is -0.181. The number of aromatic carboxylic acids is 1. The number of carbonyl (C=O) groups excluding carboxylic acids is 2. The number of furan rings is 1. The molecule has 0 aliphatic carbocycles. The summed E-state index contributed by atoms with van der Waals surface area (Å²) in [6, 6.07) is 5.93. The van der Waals surface area contributed by atoms with Crippen molar-refractivity contribution in [2.75, 3.05) is 19.5 Å². The first-order chi connectivity index (χ1) is 11.0. The molecule has 1 heterocycles. The Bertz CT molecular complexity index is 733. The highest BCUT2D eigenvalue weighted by Gasteiger charge is 2.13. The van der Waals surface area contributed by atoms with Crippen LogP contribution in [0.3, 0.4) is 0 Å². The molecule has 1 aromatic heterocycles. The van der Waals surface area contributed by atoms with Crippen LogP contribution in [0.15, 0.2) is 41.0 Å². The van der Waals surface area contributed by atoms with Gasteiger partial charge in [-0.05, 0) is 24.3 Å². The van der Waals surface area contributed by atoms with E-state index in [4.69, 9.17) is 13.9 Å². The lowest BCUT2D eigenvalue weighted by Crippen LogP contribution is -2.24. The van der Waals surface area contributed by atoms with E-state index in [0.717, 1.165) is 0 Å². The van der Waals surface area contributed by atoms with Gasteiger partial charge in [0.1, 0.15) is 5.76 Å². The second-order valence-corrected chi connectivity index (χ2v) is 4.38. The van der Waals surface area contributed by atoms with Crippen molar-refractivity contribution in [1.82, 2.24) is 0 Å². The Morgan fingerprint density at radius 3 is 2.48 bits per heavy atom. The van der Waals surface area contributed by atoms with Crippen LogP contribution in [0.1, 0.15) is 16.1 Å². The number of carbonyl (C=O) groups is 2. The number of hydrogen-bond donors (Lipinski definition) is 1. The summed E-state index contributed by atoms with van der Waals surface area (Å²) < 4.78 is 15.2. The molecule has 0 bridgehead atoms. The minimum Gasteiger partial charge on any atom is -0.545 e. The van der Waals surface area contributed by atoms with Crippen molar-refractivity contribution in [3.63, 3.8) is 0 Å². The molecule has 2 aromatic rings. The summed E-state index contributed by atoms with van der Waals surface area (Å²) in [5.74, 6) is -0.987. The Hall–Kier alpha value is -3.22. The molecule has 7 nitrogen and oxygen atoms in total. The number of hydrogen-bond acceptors (Lipinski definition) is 6. The normalized spacial score (nSPS) is 10.5. The van der Waals surface area contributed by atoms with Crippen molar-refractivity contribution in [3.8, 4) is 11.5 Å². The van der Waals surface area contributed by atoms with Crippen LogP contribution in [0.4, 0.5) is 5.69 Å². The van der Waals surface area contributed by atoms with Crippen LogP contribution in [0.2, 0.25) is 0 Å². The summed E-state index contributed by atoms with van der Waals surface area (Å²) >= 11 is 0. The molecular weight excluding hydrogens is 302 g/mol. The van der Waals surface area contributed by atoms with Crippen LogP contribution in [0.25, 0.3) is 6.08 Å². The fourth-order valence-electron chi connectivity index (χ4n) is 1.87. The first-order valence-corrected chi connectivity index (χ1v) is 6.55. The third-order valence-corrected chi connectivity index (χ3v) is 2.94. The van der Waals surface area contributed by atoms with Crippen molar-refractivity contribution in [3.05, 3.63) is 47.9 Å². The second-order valence-electron chi connectivity index (χ2n) is 4.38. The zero-order valence-corrected chi connectivity index (χ0v) is 12.5. The molecule has 1 amide bonds. The molecule has 0 aliphatic rings. The Kier molecular flexibility index (Phi) is 5.03. The van der Waals surface area contributed by atoms with Gasteiger partial charge in [0.2, 0.25) is 5.91 Å². The van der Waals surface area contributed by atoms with Crippen LogP contribution < -0.4 is 19.9 Å². The van der Waals surface area contributed by atoms with Crippen molar-refractivity contribution < 1.29 is 28.6 Å². The number of methoxy groups -OCH3 is 2. The van der Waals surface area contributed by atoms with Crippen molar-refractivity contribution in [1.29, 1.82) is 0 Å². The predicted octanol–water partition coefficient (Wildman–Crippen LogP) is 1.31. The minimum atomic E-state index is -1.45. The predicted molar refractivity (Wildman–Crippen MR) is 80.2 cm³/mol. The number of carboxylic acids is 1. The van der Waals surface area contributed by atoms with Gasteiger partial charge in [-0.3, -0.25) is 4.79 Å². The summed E-state index contributed by atoms with van der Waals surface area (Å²) in [6.07, 6.45) is 4.14. The maximum atomic E-state index is 11.9. The van der Waals surface area contributed by atoms with Crippen LogP contribution in [-0.2, 0) is 4.79 Å². The number of nitrogens with one attached hydrogen (secondary N) is 1. The van der Waals surface area contributed by atoms with E-state index in [1.165, 1.54) is 44.8 Å². The van der Waals surface area contributed by atoms with Crippen LogP contribution in [-0.4, -0.2) is 26.1 Å². The third kappa shape index (κ3) is 3.91. The minimum absolute atomic E-state index is 0.0387. The Labute approximate surface area is 132 Å². The maximum Gasteiger partial charge on any atom is 0.248 e. The third-order valence-electron chi connectivity index (χ3n) is 2.94. The fraction of sp³-hybridized carbons (Fsp3) is 0.125. The number of amides is 1. The second kappa shape index (κ2) is 7.17. The first kappa shape index (κ1) is 16.2. The molecule has 0 aliphatic heterocycles. The molecule has 0 radical (unpaired) electrons. The highest BCUT2D eigenvalue weighted by Crippen LogP contribution is 2.33. The lowest BCUT2D eigenvalue weighted by molar-refractivity contribution is -0.254. The van der Waals surface area contributed by atoms with Gasteiger partial charge in [-0.25, -0.2) is 0 Å². The van der Waals surface area contributed by atoms with Gasteiger partial charge >= 0.3 is 0 Å². The van der Waals surface area contributed by atoms with E-state index >= 15 is 0 Å². The van der Waals surface area contributed by atoms with E-state index in [1.54, 1.807) is 12.1 Å². The van der Waals surface area contributed by atoms with Gasteiger partial charge in [0.05, 0.1) is 32.1 Å². The number of rotatable bonds is 6. The van der Waals surface area contributed by atoms with Crippen LogP contribution >= 0.6 is 0 Å². The fourth-order valence-corrected chi connectivity index (χ4v) is 1.87. The van der Waals surface area contributed by atoms with Gasteiger partial charge in [0.25, 0.3) is 0 Å². The van der Waals surface area contributed by atoms with E-state index in [0.29, 0.717) is 5.76 Å². The standard InChI is InChI=1S/C16H15NO6/c1-21-13-8-11(16(19)20)12(9-14(13)22-2)17-15(18)6-5-10-4-3-7-23-10/h3-9H,1-2H3,(H,17,18)(H,19,20)/p-1/b6-5+. The molecule has 0 saturated carbocycles. The molecule has 1 aromatic carbocycles. The van der Waals surface area contributed by atoms with Gasteiger partial charge in [-0.1, -0.05) is 0 Å². The summed E-state index contributed by atoms with van der Waals surface area (Å²) in [4.78, 5) is 23.1. The van der Waals surface area contributed by atoms with Gasteiger partial charge in [-0.2, -0.15) is 0 Å². The number of anilines is 1. The monoisotopic (exact) mass is 316 g/mol. The van der Waals surface area contributed by atoms with E-state index in [2.05, 4.69) is 5.32 Å². The highest BCUT2D eigenvalue weighted by molar-refractivity contribution is 6.06. The largest absolute Gasteiger partial charge is 0.545 e. The summed E-state index contributed by atoms with van der Waals surface area (Å²) in [7, 11) is 2.78. The van der Waals surface area contributed by atoms with Gasteiger partial charge in [0, 0.05) is 17.7 Å². The Morgan fingerprint density at radius 2 is 1.91 bits per heavy atom. The molecule has 23 heavy (non-hydrogen) atoms. The molecule has 120 valence electrons. The SMILES string of the molecule is COc1cc(NC(=O)/C=C/c2ccco2)c(C(=O)[O-])cc1OC. The molecule has 7 heteroatoms. The molecule has 0 atom stereocenters. The molecule has 0 unspecified atom stereocenters. The van der Waals surface area contributed by atoms with E-state index in [9.17, 15) is 14.7 Å². The molecular formula is C16H14NO6-. The Morgan fingerprint density at radius 1 is 1.22 bits per heavy atom. The average molecular weight is 316 g/mol. The lowest BCUT2D eigenvalue weighted by atomic mass is 10.1. The molecule has 0 spiro atoms. The van der Waals surface area contributed by atoms with Crippen molar-refractivity contribution >= 4 is 23.6 Å². The topological polar surface area (TPSA) is 101 Å². The zero-order valence-electron chi connectivity index (χ0n) is 12.5. The van der Waals surface area contributed by atoms with Gasteiger partial charge in [0.15, 0.2) is 11.5 Å². The summed E-state index contributed by atoms with van der Waals surface area (Å²) in [6.45, 7) is 0. The van der Waals surface area contributed by atoms with E-state index < -0.39 is 11.9 Å². The van der Waals surface area contributed by atoms with Crippen LogP contribution in [0, 0.1) is 0 Å². The first-order valence-electron chi connectivity index (χ1n) is 6.55. The van der Waals surface area contributed by atoms with E-state index in [-0.39, 0.29) is 22.7 Å².